The quantitative estimate of drug-likeness (QED) is 0.726. The van der Waals surface area contributed by atoms with Gasteiger partial charge in [-0.25, -0.2) is 13.1 Å². The maximum absolute atomic E-state index is 12.6. The second-order valence-electron chi connectivity index (χ2n) is 8.25. The number of sulfonamides is 1. The van der Waals surface area contributed by atoms with Gasteiger partial charge in [-0.1, -0.05) is 31.2 Å². The Bertz CT molecular complexity index is 948. The lowest BCUT2D eigenvalue weighted by Crippen LogP contribution is -2.35. The maximum Gasteiger partial charge on any atom is 0.255 e. The summed E-state index contributed by atoms with van der Waals surface area (Å²) in [4.78, 5) is 19.0. The summed E-state index contributed by atoms with van der Waals surface area (Å²) in [6.07, 6.45) is 4.99. The fourth-order valence-electron chi connectivity index (χ4n) is 3.48. The molecule has 0 saturated carbocycles. The minimum atomic E-state index is -3.26. The smallest absolute Gasteiger partial charge is 0.255 e. The van der Waals surface area contributed by atoms with Gasteiger partial charge in [-0.05, 0) is 56.7 Å². The molecule has 1 saturated heterocycles. The van der Waals surface area contributed by atoms with Crippen molar-refractivity contribution in [2.75, 3.05) is 19.6 Å². The number of benzene rings is 1. The van der Waals surface area contributed by atoms with Crippen molar-refractivity contribution < 1.29 is 13.2 Å². The van der Waals surface area contributed by atoms with Crippen molar-refractivity contribution in [3.8, 4) is 11.3 Å². The summed E-state index contributed by atoms with van der Waals surface area (Å²) in [5, 5.41) is -0.442. The van der Waals surface area contributed by atoms with Crippen LogP contribution in [0.25, 0.3) is 11.3 Å². The van der Waals surface area contributed by atoms with Gasteiger partial charge in [0.25, 0.3) is 5.91 Å². The Labute approximate surface area is 179 Å². The Kier molecular flexibility index (Phi) is 7.26. The van der Waals surface area contributed by atoms with E-state index >= 15 is 0 Å². The second-order valence-corrected chi connectivity index (χ2v) is 10.6. The number of nitrogens with zero attached hydrogens (tertiary/aromatic N) is 2. The van der Waals surface area contributed by atoms with Gasteiger partial charge in [0.15, 0.2) is 0 Å². The lowest BCUT2D eigenvalue weighted by atomic mass is 9.99. The van der Waals surface area contributed by atoms with Crippen LogP contribution in [0.3, 0.4) is 0 Å². The van der Waals surface area contributed by atoms with Crippen molar-refractivity contribution in [1.82, 2.24) is 14.6 Å². The van der Waals surface area contributed by atoms with Crippen LogP contribution in [-0.2, 0) is 10.0 Å². The third kappa shape index (κ3) is 5.46. The van der Waals surface area contributed by atoms with Gasteiger partial charge in [-0.15, -0.1) is 0 Å². The number of carbonyl (C=O) groups excluding carboxylic acids is 1. The first-order valence-electron chi connectivity index (χ1n) is 10.6. The number of aromatic nitrogens is 1. The zero-order valence-electron chi connectivity index (χ0n) is 18.0. The molecule has 3 rings (SSSR count). The molecule has 1 unspecified atom stereocenters. The zero-order valence-corrected chi connectivity index (χ0v) is 18.8. The van der Waals surface area contributed by atoms with Crippen LogP contribution in [-0.4, -0.2) is 49.1 Å². The van der Waals surface area contributed by atoms with E-state index < -0.39 is 15.3 Å². The molecule has 1 N–H and O–H groups in total. The van der Waals surface area contributed by atoms with Crippen molar-refractivity contribution in [3.05, 3.63) is 53.7 Å². The monoisotopic (exact) mass is 429 g/mol. The Morgan fingerprint density at radius 3 is 2.27 bits per heavy atom. The first-order chi connectivity index (χ1) is 14.3. The molecule has 1 amide bonds. The molecule has 0 radical (unpaired) electrons. The Hall–Kier alpha value is -2.25. The van der Waals surface area contributed by atoms with Gasteiger partial charge in [0, 0.05) is 31.4 Å². The van der Waals surface area contributed by atoms with Crippen LogP contribution in [0.5, 0.6) is 0 Å². The van der Waals surface area contributed by atoms with Crippen LogP contribution in [0.15, 0.2) is 42.6 Å². The van der Waals surface area contributed by atoms with Crippen LogP contribution in [0.4, 0.5) is 0 Å². The minimum Gasteiger partial charge on any atom is -0.339 e. The molecular formula is C23H31N3O3S. The van der Waals surface area contributed by atoms with Gasteiger partial charge < -0.3 is 4.90 Å². The summed E-state index contributed by atoms with van der Waals surface area (Å²) >= 11 is 0. The van der Waals surface area contributed by atoms with Gasteiger partial charge in [0.2, 0.25) is 10.0 Å². The van der Waals surface area contributed by atoms with E-state index in [0.717, 1.165) is 42.8 Å². The molecule has 1 atom stereocenters. The van der Waals surface area contributed by atoms with Gasteiger partial charge in [-0.3, -0.25) is 9.78 Å². The molecule has 7 heteroatoms. The topological polar surface area (TPSA) is 79.4 Å². The highest BCUT2D eigenvalue weighted by Gasteiger charge is 2.19. The summed E-state index contributed by atoms with van der Waals surface area (Å²) < 4.78 is 26.5. The van der Waals surface area contributed by atoms with E-state index in [0.29, 0.717) is 12.1 Å². The summed E-state index contributed by atoms with van der Waals surface area (Å²) in [6.45, 7) is 7.35. The Morgan fingerprint density at radius 1 is 1.03 bits per heavy atom. The Morgan fingerprint density at radius 2 is 1.70 bits per heavy atom. The minimum absolute atomic E-state index is 0.0572. The molecule has 0 spiro atoms. The molecule has 1 aromatic heterocycles. The molecule has 1 aromatic carbocycles. The highest BCUT2D eigenvalue weighted by Crippen LogP contribution is 2.22. The highest BCUT2D eigenvalue weighted by atomic mass is 32.2. The van der Waals surface area contributed by atoms with Crippen molar-refractivity contribution in [2.45, 2.75) is 51.2 Å². The molecule has 0 bridgehead atoms. The fourth-order valence-corrected chi connectivity index (χ4v) is 4.29. The van der Waals surface area contributed by atoms with E-state index in [1.54, 1.807) is 20.0 Å². The van der Waals surface area contributed by atoms with Gasteiger partial charge in [0.1, 0.15) is 0 Å². The highest BCUT2D eigenvalue weighted by molar-refractivity contribution is 7.90. The largest absolute Gasteiger partial charge is 0.339 e. The summed E-state index contributed by atoms with van der Waals surface area (Å²) in [7, 11) is -3.26. The number of pyridine rings is 1. The Balaban J connectivity index is 1.63. The number of carbonyl (C=O) groups is 1. The zero-order chi connectivity index (χ0) is 21.7. The van der Waals surface area contributed by atoms with Crippen LogP contribution in [0.2, 0.25) is 0 Å². The van der Waals surface area contributed by atoms with Crippen molar-refractivity contribution in [1.29, 1.82) is 0 Å². The molecule has 1 fully saturated rings. The van der Waals surface area contributed by atoms with Crippen molar-refractivity contribution in [3.63, 3.8) is 0 Å². The third-order valence-electron chi connectivity index (χ3n) is 5.64. The first kappa shape index (κ1) is 22.4. The number of hydrogen-bond donors (Lipinski definition) is 1. The van der Waals surface area contributed by atoms with Gasteiger partial charge >= 0.3 is 0 Å². The van der Waals surface area contributed by atoms with E-state index in [-0.39, 0.29) is 11.8 Å². The van der Waals surface area contributed by atoms with Crippen LogP contribution >= 0.6 is 0 Å². The van der Waals surface area contributed by atoms with Crippen LogP contribution in [0, 0.1) is 0 Å². The molecule has 6 nitrogen and oxygen atoms in total. The molecule has 0 aliphatic carbocycles. The van der Waals surface area contributed by atoms with Crippen LogP contribution < -0.4 is 4.72 Å². The molecule has 162 valence electrons. The lowest BCUT2D eigenvalue weighted by molar-refractivity contribution is 0.0724. The maximum atomic E-state index is 12.6. The molecule has 1 aliphatic heterocycles. The molecule has 2 heterocycles. The number of nitrogens with one attached hydrogen (secondary N) is 1. The van der Waals surface area contributed by atoms with Crippen LogP contribution in [0.1, 0.15) is 61.9 Å². The molecule has 30 heavy (non-hydrogen) atoms. The van der Waals surface area contributed by atoms with Gasteiger partial charge in [-0.2, -0.15) is 0 Å². The third-order valence-corrected chi connectivity index (χ3v) is 7.45. The van der Waals surface area contributed by atoms with Crippen molar-refractivity contribution >= 4 is 15.9 Å². The number of likely N-dealkylation sites (tertiary alicyclic amines) is 1. The summed E-state index contributed by atoms with van der Waals surface area (Å²) in [6, 6.07) is 11.7. The molecular weight excluding hydrogens is 398 g/mol. The summed E-state index contributed by atoms with van der Waals surface area (Å²) in [5.41, 5.74) is 3.46. The standard InChI is InChI=1S/C23H31N3O3S/c1-17(2)30(28,29)25-15-18(3)19-7-9-20(10-8-19)22-12-11-21(16-24-22)23(27)26-13-5-4-6-14-26/h7-12,16-18,25H,4-6,13-15H2,1-3H3. The summed E-state index contributed by atoms with van der Waals surface area (Å²) in [5.74, 6) is 0.117. The second kappa shape index (κ2) is 9.71. The van der Waals surface area contributed by atoms with E-state index in [1.165, 1.54) is 6.42 Å². The number of piperidine rings is 1. The predicted molar refractivity (Wildman–Crippen MR) is 120 cm³/mol. The SMILES string of the molecule is CC(CNS(=O)(=O)C(C)C)c1ccc(-c2ccc(C(=O)N3CCCCC3)cn2)cc1. The fraction of sp³-hybridized carbons (Fsp3) is 0.478. The van der Waals surface area contributed by atoms with Gasteiger partial charge in [0.05, 0.1) is 16.5 Å². The average molecular weight is 430 g/mol. The van der Waals surface area contributed by atoms with E-state index in [2.05, 4.69) is 9.71 Å². The van der Waals surface area contributed by atoms with Crippen molar-refractivity contribution in [2.24, 2.45) is 0 Å². The number of hydrogen-bond acceptors (Lipinski definition) is 4. The number of rotatable bonds is 7. The van der Waals surface area contributed by atoms with E-state index in [4.69, 9.17) is 0 Å². The number of amides is 1. The predicted octanol–water partition coefficient (Wildman–Crippen LogP) is 3.81. The van der Waals surface area contributed by atoms with E-state index in [9.17, 15) is 13.2 Å². The lowest BCUT2D eigenvalue weighted by Gasteiger charge is -2.26. The first-order valence-corrected chi connectivity index (χ1v) is 12.2. The van der Waals surface area contributed by atoms with E-state index in [1.807, 2.05) is 48.2 Å². The normalized spacial score (nSPS) is 15.9. The molecule has 2 aromatic rings. The molecule has 1 aliphatic rings. The average Bonchev–Trinajstić information content (AvgIpc) is 2.78.